The predicted octanol–water partition coefficient (Wildman–Crippen LogP) is 2.57. The lowest BCUT2D eigenvalue weighted by Gasteiger charge is -2.32. The fraction of sp³-hybridized carbons (Fsp3) is 0.421. The van der Waals surface area contributed by atoms with Crippen LogP contribution in [0, 0.1) is 12.8 Å². The van der Waals surface area contributed by atoms with Crippen LogP contribution < -0.4 is 4.72 Å². The van der Waals surface area contributed by atoms with Crippen LogP contribution in [-0.2, 0) is 21.2 Å². The molecule has 1 aromatic carbocycles. The van der Waals surface area contributed by atoms with Gasteiger partial charge in [-0.3, -0.25) is 4.79 Å². The largest absolute Gasteiger partial charge is 0.339 e. The summed E-state index contributed by atoms with van der Waals surface area (Å²) in [6, 6.07) is 11.5. The number of nitrogens with one attached hydrogen (secondary N) is 1. The molecule has 0 radical (unpaired) electrons. The number of rotatable bonds is 5. The predicted molar refractivity (Wildman–Crippen MR) is 102 cm³/mol. The highest BCUT2D eigenvalue weighted by Gasteiger charge is 2.47. The van der Waals surface area contributed by atoms with Gasteiger partial charge in [-0.05, 0) is 42.7 Å². The van der Waals surface area contributed by atoms with Crippen molar-refractivity contribution in [2.24, 2.45) is 5.92 Å². The highest BCUT2D eigenvalue weighted by molar-refractivity contribution is 7.91. The summed E-state index contributed by atoms with van der Waals surface area (Å²) in [6.45, 7) is 2.67. The summed E-state index contributed by atoms with van der Waals surface area (Å²) >= 11 is 1.23. The number of thiophene rings is 1. The summed E-state index contributed by atoms with van der Waals surface area (Å²) in [4.78, 5) is 14.6. The van der Waals surface area contributed by atoms with Crippen molar-refractivity contribution in [3.63, 3.8) is 0 Å². The number of likely N-dealkylation sites (tertiary alicyclic amines) is 1. The monoisotopic (exact) mass is 390 g/mol. The van der Waals surface area contributed by atoms with Crippen molar-refractivity contribution in [2.75, 3.05) is 6.54 Å². The molecule has 1 N–H and O–H groups in total. The highest BCUT2D eigenvalue weighted by atomic mass is 32.2. The Morgan fingerprint density at radius 2 is 2.12 bits per heavy atom. The average Bonchev–Trinajstić information content (AvgIpc) is 3.31. The molecule has 1 aliphatic carbocycles. The van der Waals surface area contributed by atoms with Crippen LogP contribution in [0.4, 0.5) is 0 Å². The van der Waals surface area contributed by atoms with E-state index in [1.807, 2.05) is 36.1 Å². The van der Waals surface area contributed by atoms with Gasteiger partial charge in [-0.2, -0.15) is 0 Å². The molecule has 2 aliphatic rings. The summed E-state index contributed by atoms with van der Waals surface area (Å²) in [6.07, 6.45) is 2.00. The Morgan fingerprint density at radius 3 is 2.77 bits per heavy atom. The zero-order valence-electron chi connectivity index (χ0n) is 14.6. The first-order valence-corrected chi connectivity index (χ1v) is 11.2. The van der Waals surface area contributed by atoms with Gasteiger partial charge in [-0.25, -0.2) is 13.1 Å². The van der Waals surface area contributed by atoms with Crippen molar-refractivity contribution >= 4 is 27.3 Å². The lowest BCUT2D eigenvalue weighted by molar-refractivity contribution is -0.132. The molecule has 1 aliphatic heterocycles. The number of hydrogen-bond acceptors (Lipinski definition) is 4. The second-order valence-corrected chi connectivity index (χ2v) is 10.1. The van der Waals surface area contributed by atoms with Crippen molar-refractivity contribution in [1.82, 2.24) is 9.62 Å². The first kappa shape index (κ1) is 17.7. The molecule has 0 spiro atoms. The normalized spacial score (nSPS) is 25.0. The number of amides is 1. The van der Waals surface area contributed by atoms with Gasteiger partial charge in [0.1, 0.15) is 4.21 Å². The number of nitrogens with zero attached hydrogens (tertiary/aromatic N) is 1. The van der Waals surface area contributed by atoms with E-state index in [1.54, 1.807) is 17.5 Å². The minimum absolute atomic E-state index is 0.0740. The molecule has 2 fully saturated rings. The summed E-state index contributed by atoms with van der Waals surface area (Å²) in [5, 5.41) is 1.76. The van der Waals surface area contributed by atoms with Crippen molar-refractivity contribution in [1.29, 1.82) is 0 Å². The second-order valence-electron chi connectivity index (χ2n) is 7.26. The Hall–Kier alpha value is -1.70. The zero-order valence-corrected chi connectivity index (χ0v) is 16.2. The Balaban J connectivity index is 1.38. The van der Waals surface area contributed by atoms with Gasteiger partial charge in [0, 0.05) is 18.6 Å². The van der Waals surface area contributed by atoms with Crippen molar-refractivity contribution < 1.29 is 13.2 Å². The summed E-state index contributed by atoms with van der Waals surface area (Å²) in [5.74, 6) is 0.346. The van der Waals surface area contributed by atoms with Crippen LogP contribution in [0.5, 0.6) is 0 Å². The zero-order chi connectivity index (χ0) is 18.3. The number of sulfonamides is 1. The van der Waals surface area contributed by atoms with Crippen LogP contribution in [0.15, 0.2) is 46.0 Å². The summed E-state index contributed by atoms with van der Waals surface area (Å²) in [7, 11) is -3.45. The number of carbonyl (C=O) groups is 1. The number of aryl methyl sites for hydroxylation is 1. The van der Waals surface area contributed by atoms with Crippen LogP contribution in [0.2, 0.25) is 0 Å². The van der Waals surface area contributed by atoms with Crippen LogP contribution in [0.25, 0.3) is 0 Å². The first-order valence-electron chi connectivity index (χ1n) is 8.83. The van der Waals surface area contributed by atoms with Crippen molar-refractivity contribution in [2.45, 2.75) is 42.5 Å². The number of piperidine rings is 1. The number of benzene rings is 1. The highest BCUT2D eigenvalue weighted by Crippen LogP contribution is 2.39. The molecule has 1 saturated heterocycles. The SMILES string of the molecule is Cc1cccc(CC(=O)N2CC3CC2CC3NS(=O)(=O)c2cccs2)c1. The molecule has 1 amide bonds. The molecule has 4 rings (SSSR count). The quantitative estimate of drug-likeness (QED) is 0.853. The third-order valence-electron chi connectivity index (χ3n) is 5.37. The number of carbonyl (C=O) groups excluding carboxylic acids is 1. The smallest absolute Gasteiger partial charge is 0.250 e. The van der Waals surface area contributed by atoms with Crippen molar-refractivity contribution in [3.8, 4) is 0 Å². The van der Waals surface area contributed by atoms with Gasteiger partial charge in [0.05, 0.1) is 6.42 Å². The average molecular weight is 391 g/mol. The van der Waals surface area contributed by atoms with E-state index in [-0.39, 0.29) is 23.9 Å². The van der Waals surface area contributed by atoms with Gasteiger partial charge in [-0.15, -0.1) is 11.3 Å². The van der Waals surface area contributed by atoms with Gasteiger partial charge >= 0.3 is 0 Å². The Kier molecular flexibility index (Phi) is 4.62. The van der Waals surface area contributed by atoms with Crippen LogP contribution in [0.3, 0.4) is 0 Å². The fourth-order valence-corrected chi connectivity index (χ4v) is 6.50. The maximum absolute atomic E-state index is 12.7. The molecule has 2 heterocycles. The molecule has 3 atom stereocenters. The lowest BCUT2D eigenvalue weighted by Crippen LogP contribution is -2.47. The third-order valence-corrected chi connectivity index (χ3v) is 8.25. The molecular weight excluding hydrogens is 368 g/mol. The van der Waals surface area contributed by atoms with Crippen LogP contribution >= 0.6 is 11.3 Å². The van der Waals surface area contributed by atoms with E-state index in [0.29, 0.717) is 23.6 Å². The fourth-order valence-electron chi connectivity index (χ4n) is 4.18. The van der Waals surface area contributed by atoms with Gasteiger partial charge in [0.15, 0.2) is 0 Å². The third kappa shape index (κ3) is 3.43. The van der Waals surface area contributed by atoms with E-state index in [2.05, 4.69) is 4.72 Å². The van der Waals surface area contributed by atoms with Gasteiger partial charge < -0.3 is 4.90 Å². The Bertz CT molecular complexity index is 909. The van der Waals surface area contributed by atoms with E-state index in [4.69, 9.17) is 0 Å². The Labute approximate surface area is 158 Å². The minimum Gasteiger partial charge on any atom is -0.339 e. The molecule has 7 heteroatoms. The Morgan fingerprint density at radius 1 is 1.27 bits per heavy atom. The maximum Gasteiger partial charge on any atom is 0.250 e. The lowest BCUT2D eigenvalue weighted by atomic mass is 10.0. The topological polar surface area (TPSA) is 66.5 Å². The minimum atomic E-state index is -3.45. The van der Waals surface area contributed by atoms with E-state index >= 15 is 0 Å². The summed E-state index contributed by atoms with van der Waals surface area (Å²) < 4.78 is 28.1. The molecule has 2 aromatic rings. The summed E-state index contributed by atoms with van der Waals surface area (Å²) in [5.41, 5.74) is 2.19. The molecule has 5 nitrogen and oxygen atoms in total. The molecule has 1 saturated carbocycles. The standard InChI is InChI=1S/C19H22N2O3S2/c1-13-4-2-5-14(8-13)9-18(22)21-12-15-10-16(21)11-17(15)20-26(23,24)19-6-3-7-25-19/h2-8,15-17,20H,9-12H2,1H3. The first-order chi connectivity index (χ1) is 12.4. The van der Waals surface area contributed by atoms with Crippen molar-refractivity contribution in [3.05, 3.63) is 52.9 Å². The molecule has 2 bridgehead atoms. The van der Waals surface area contributed by atoms with E-state index in [1.165, 1.54) is 11.3 Å². The molecule has 26 heavy (non-hydrogen) atoms. The van der Waals surface area contributed by atoms with E-state index in [0.717, 1.165) is 17.5 Å². The molecule has 138 valence electrons. The number of fused-ring (bicyclic) bond motifs is 2. The van der Waals surface area contributed by atoms with Gasteiger partial charge in [-0.1, -0.05) is 35.9 Å². The van der Waals surface area contributed by atoms with Gasteiger partial charge in [0.25, 0.3) is 0 Å². The van der Waals surface area contributed by atoms with Crippen LogP contribution in [-0.4, -0.2) is 37.9 Å². The molecule has 1 aromatic heterocycles. The molecule has 3 unspecified atom stereocenters. The maximum atomic E-state index is 12.7. The van der Waals surface area contributed by atoms with Gasteiger partial charge in [0.2, 0.25) is 15.9 Å². The van der Waals surface area contributed by atoms with E-state index < -0.39 is 10.0 Å². The van der Waals surface area contributed by atoms with Crippen LogP contribution in [0.1, 0.15) is 24.0 Å². The second kappa shape index (κ2) is 6.79. The number of hydrogen-bond donors (Lipinski definition) is 1. The van der Waals surface area contributed by atoms with E-state index in [9.17, 15) is 13.2 Å². The molecular formula is C19H22N2O3S2.